The summed E-state index contributed by atoms with van der Waals surface area (Å²) in [6, 6.07) is 11.6. The van der Waals surface area contributed by atoms with Crippen molar-refractivity contribution in [3.8, 4) is 0 Å². The average Bonchev–Trinajstić information content (AvgIpc) is 3.02. The number of hydrogen-bond acceptors (Lipinski definition) is 6. The summed E-state index contributed by atoms with van der Waals surface area (Å²) in [5.74, 6) is -0.983. The Morgan fingerprint density at radius 3 is 2.00 bits per heavy atom. The van der Waals surface area contributed by atoms with Crippen LogP contribution in [-0.4, -0.2) is 63.6 Å². The number of imide groups is 1. The molecule has 0 radical (unpaired) electrons. The number of benzene rings is 2. The topological polar surface area (TPSA) is 78.0 Å². The molecule has 0 spiro atoms. The van der Waals surface area contributed by atoms with Crippen LogP contribution in [-0.2, 0) is 19.4 Å². The van der Waals surface area contributed by atoms with Crippen LogP contribution < -0.4 is 9.80 Å². The summed E-state index contributed by atoms with van der Waals surface area (Å²) in [5, 5.41) is 0. The lowest BCUT2D eigenvalue weighted by atomic mass is 10.1. The lowest BCUT2D eigenvalue weighted by Gasteiger charge is -2.38. The Morgan fingerprint density at radius 1 is 0.867 bits per heavy atom. The van der Waals surface area contributed by atoms with Crippen LogP contribution >= 0.6 is 0 Å². The molecule has 0 bridgehead atoms. The lowest BCUT2D eigenvalue weighted by Crippen LogP contribution is -2.52. The summed E-state index contributed by atoms with van der Waals surface area (Å²) in [5.41, 5.74) is 1.31. The molecule has 2 aromatic rings. The van der Waals surface area contributed by atoms with Gasteiger partial charge in [0.25, 0.3) is 5.91 Å². The van der Waals surface area contributed by atoms with Crippen molar-refractivity contribution in [3.05, 3.63) is 54.3 Å². The number of amides is 2. The Balaban J connectivity index is 1.41. The molecule has 2 aromatic carbocycles. The summed E-state index contributed by atoms with van der Waals surface area (Å²) in [6.07, 6.45) is 1.29. The van der Waals surface area contributed by atoms with Gasteiger partial charge in [-0.1, -0.05) is 0 Å². The van der Waals surface area contributed by atoms with E-state index >= 15 is 0 Å². The summed E-state index contributed by atoms with van der Waals surface area (Å²) >= 11 is 0. The zero-order valence-electron chi connectivity index (χ0n) is 16.5. The monoisotopic (exact) mass is 431 g/mol. The summed E-state index contributed by atoms with van der Waals surface area (Å²) in [6.45, 7) is 2.53. The lowest BCUT2D eigenvalue weighted by molar-refractivity contribution is -0.123. The molecule has 2 aliphatic rings. The molecule has 2 saturated heterocycles. The highest BCUT2D eigenvalue weighted by molar-refractivity contribution is 7.90. The van der Waals surface area contributed by atoms with Crippen molar-refractivity contribution in [2.45, 2.75) is 17.4 Å². The van der Waals surface area contributed by atoms with E-state index in [0.29, 0.717) is 31.9 Å². The highest BCUT2D eigenvalue weighted by Crippen LogP contribution is 2.27. The molecule has 2 amide bonds. The Bertz CT molecular complexity index is 1060. The van der Waals surface area contributed by atoms with Gasteiger partial charge in [0, 0.05) is 38.1 Å². The van der Waals surface area contributed by atoms with E-state index in [-0.39, 0.29) is 23.1 Å². The van der Waals surface area contributed by atoms with Crippen LogP contribution in [0.4, 0.5) is 15.8 Å². The predicted molar refractivity (Wildman–Crippen MR) is 111 cm³/mol. The fourth-order valence-corrected chi connectivity index (χ4v) is 4.59. The Labute approximate surface area is 174 Å². The highest BCUT2D eigenvalue weighted by Gasteiger charge is 2.43. The number of hydrogen-bond donors (Lipinski definition) is 0. The zero-order valence-corrected chi connectivity index (χ0v) is 17.3. The number of anilines is 2. The maximum atomic E-state index is 13.2. The zero-order chi connectivity index (χ0) is 21.5. The number of halogens is 1. The Kier molecular flexibility index (Phi) is 5.33. The Morgan fingerprint density at radius 2 is 1.43 bits per heavy atom. The molecule has 0 saturated carbocycles. The van der Waals surface area contributed by atoms with Crippen molar-refractivity contribution >= 4 is 33.0 Å². The number of carbonyl (C=O) groups is 2. The molecule has 2 aliphatic heterocycles. The second-order valence-corrected chi connectivity index (χ2v) is 9.57. The second kappa shape index (κ2) is 7.81. The minimum absolute atomic E-state index is 0.110. The van der Waals surface area contributed by atoms with Gasteiger partial charge in [-0.25, -0.2) is 17.7 Å². The van der Waals surface area contributed by atoms with Crippen LogP contribution in [0.2, 0.25) is 0 Å². The third-order valence-electron chi connectivity index (χ3n) is 5.59. The molecule has 7 nitrogen and oxygen atoms in total. The summed E-state index contributed by atoms with van der Waals surface area (Å²) in [4.78, 5) is 30.9. The number of nitrogens with zero attached hydrogens (tertiary/aromatic N) is 3. The van der Waals surface area contributed by atoms with Crippen molar-refractivity contribution in [3.63, 3.8) is 0 Å². The van der Waals surface area contributed by atoms with Crippen molar-refractivity contribution in [2.75, 3.05) is 42.2 Å². The summed E-state index contributed by atoms with van der Waals surface area (Å²) < 4.78 is 36.4. The quantitative estimate of drug-likeness (QED) is 0.686. The van der Waals surface area contributed by atoms with Gasteiger partial charge < -0.3 is 4.90 Å². The SMILES string of the molecule is CS(=O)(=O)c1ccc(N2CCN([C@@H]3CC(=O)N(c4ccc(F)cc4)C3=O)CC2)cc1. The van der Waals surface area contributed by atoms with Gasteiger partial charge >= 0.3 is 0 Å². The molecule has 1 atom stereocenters. The van der Waals surface area contributed by atoms with Gasteiger partial charge in [0.1, 0.15) is 5.82 Å². The number of rotatable bonds is 4. The first-order valence-corrected chi connectivity index (χ1v) is 11.5. The number of piperazine rings is 1. The van der Waals surface area contributed by atoms with Crippen molar-refractivity contribution in [2.24, 2.45) is 0 Å². The van der Waals surface area contributed by atoms with E-state index in [4.69, 9.17) is 0 Å². The normalized spacial score (nSPS) is 20.8. The smallest absolute Gasteiger partial charge is 0.251 e. The number of carbonyl (C=O) groups excluding carboxylic acids is 2. The minimum Gasteiger partial charge on any atom is -0.369 e. The van der Waals surface area contributed by atoms with E-state index in [1.165, 1.54) is 30.5 Å². The molecule has 9 heteroatoms. The van der Waals surface area contributed by atoms with Gasteiger partial charge in [0.15, 0.2) is 9.84 Å². The van der Waals surface area contributed by atoms with Crippen molar-refractivity contribution in [1.82, 2.24) is 4.90 Å². The molecule has 0 aliphatic carbocycles. The van der Waals surface area contributed by atoms with Crippen LogP contribution in [0.1, 0.15) is 6.42 Å². The molecule has 0 aromatic heterocycles. The maximum absolute atomic E-state index is 13.2. The van der Waals surface area contributed by atoms with Crippen LogP contribution in [0.5, 0.6) is 0 Å². The molecule has 0 N–H and O–H groups in total. The molecular formula is C21H22FN3O4S. The maximum Gasteiger partial charge on any atom is 0.251 e. The summed E-state index contributed by atoms with van der Waals surface area (Å²) in [7, 11) is -3.23. The molecule has 2 fully saturated rings. The molecular weight excluding hydrogens is 409 g/mol. The van der Waals surface area contributed by atoms with E-state index < -0.39 is 21.7 Å². The van der Waals surface area contributed by atoms with Crippen LogP contribution in [0.15, 0.2) is 53.4 Å². The van der Waals surface area contributed by atoms with Crippen molar-refractivity contribution in [1.29, 1.82) is 0 Å². The predicted octanol–water partition coefficient (Wildman–Crippen LogP) is 1.68. The van der Waals surface area contributed by atoms with E-state index in [0.717, 1.165) is 10.6 Å². The number of sulfone groups is 1. The first-order chi connectivity index (χ1) is 14.2. The van der Waals surface area contributed by atoms with Gasteiger partial charge in [0.2, 0.25) is 5.91 Å². The molecule has 4 rings (SSSR count). The van der Waals surface area contributed by atoms with E-state index in [9.17, 15) is 22.4 Å². The minimum atomic E-state index is -3.23. The molecule has 2 heterocycles. The van der Waals surface area contributed by atoms with E-state index in [1.807, 2.05) is 4.90 Å². The van der Waals surface area contributed by atoms with Gasteiger partial charge in [-0.2, -0.15) is 0 Å². The largest absolute Gasteiger partial charge is 0.369 e. The van der Waals surface area contributed by atoms with E-state index in [1.54, 1.807) is 24.3 Å². The van der Waals surface area contributed by atoms with Gasteiger partial charge in [-0.3, -0.25) is 14.5 Å². The molecule has 30 heavy (non-hydrogen) atoms. The third-order valence-corrected chi connectivity index (χ3v) is 6.72. The average molecular weight is 431 g/mol. The van der Waals surface area contributed by atoms with Gasteiger partial charge in [0.05, 0.1) is 23.0 Å². The van der Waals surface area contributed by atoms with Crippen molar-refractivity contribution < 1.29 is 22.4 Å². The molecule has 0 unspecified atom stereocenters. The van der Waals surface area contributed by atoms with Crippen LogP contribution in [0.3, 0.4) is 0 Å². The fraction of sp³-hybridized carbons (Fsp3) is 0.333. The fourth-order valence-electron chi connectivity index (χ4n) is 3.96. The first kappa shape index (κ1) is 20.5. The van der Waals surface area contributed by atoms with Gasteiger partial charge in [-0.05, 0) is 48.5 Å². The Hall–Kier alpha value is -2.78. The third kappa shape index (κ3) is 3.95. The highest BCUT2D eigenvalue weighted by atomic mass is 32.2. The van der Waals surface area contributed by atoms with Crippen LogP contribution in [0.25, 0.3) is 0 Å². The van der Waals surface area contributed by atoms with E-state index in [2.05, 4.69) is 4.90 Å². The first-order valence-electron chi connectivity index (χ1n) is 9.65. The second-order valence-electron chi connectivity index (χ2n) is 7.55. The van der Waals surface area contributed by atoms with Crippen LogP contribution in [0, 0.1) is 5.82 Å². The molecule has 158 valence electrons. The van der Waals surface area contributed by atoms with Gasteiger partial charge in [-0.15, -0.1) is 0 Å². The standard InChI is InChI=1S/C21H22FN3O4S/c1-30(28,29)18-8-6-16(7-9-18)23-10-12-24(13-11-23)19-14-20(26)25(21(19)27)17-4-2-15(22)3-5-17/h2-9,19H,10-14H2,1H3/t19-/m1/s1.